The Labute approximate surface area is 94.4 Å². The highest BCUT2D eigenvalue weighted by atomic mass is 15.3. The Kier molecular flexibility index (Phi) is 2.86. The van der Waals surface area contributed by atoms with Crippen molar-refractivity contribution < 1.29 is 0 Å². The van der Waals surface area contributed by atoms with E-state index in [0.717, 1.165) is 19.0 Å². The van der Waals surface area contributed by atoms with Crippen LogP contribution in [0.1, 0.15) is 26.2 Å². The van der Waals surface area contributed by atoms with Gasteiger partial charge in [-0.15, -0.1) is 0 Å². The third-order valence-corrected chi connectivity index (χ3v) is 4.67. The maximum Gasteiger partial charge on any atom is 0.182 e. The first-order valence-corrected chi connectivity index (χ1v) is 5.99. The van der Waals surface area contributed by atoms with Crippen LogP contribution in [0.2, 0.25) is 0 Å². The van der Waals surface area contributed by atoms with Gasteiger partial charge in [0.1, 0.15) is 0 Å². The van der Waals surface area contributed by atoms with Gasteiger partial charge in [-0.1, -0.05) is 13.3 Å². The molecule has 1 aliphatic carbocycles. The monoisotopic (exact) mass is 207 g/mol. The van der Waals surface area contributed by atoms with Gasteiger partial charge in [0, 0.05) is 24.2 Å². The van der Waals surface area contributed by atoms with Crippen LogP contribution in [0.4, 0.5) is 0 Å². The van der Waals surface area contributed by atoms with Crippen LogP contribution < -0.4 is 10.6 Å². The van der Waals surface area contributed by atoms with Crippen LogP contribution in [0.3, 0.4) is 0 Å². The normalized spacial score (nSPS) is 45.9. The molecular weight excluding hydrogens is 185 g/mol. The zero-order valence-corrected chi connectivity index (χ0v) is 10.1. The highest BCUT2D eigenvalue weighted by Gasteiger charge is 2.60. The Morgan fingerprint density at radius 2 is 1.67 bits per heavy atom. The van der Waals surface area contributed by atoms with Gasteiger partial charge in [0.05, 0.1) is 0 Å². The van der Waals surface area contributed by atoms with E-state index >= 15 is 0 Å². The number of hydrogen-bond donors (Lipinski definition) is 2. The Balaban J connectivity index is 2.28. The van der Waals surface area contributed by atoms with Crippen LogP contribution in [-0.4, -0.2) is 51.1 Å². The Hall–Kier alpha value is -0.0551. The molecule has 0 amide bonds. The molecule has 2 atom stereocenters. The molecular formula is C11H22BN3. The lowest BCUT2D eigenvalue weighted by atomic mass is 9.83. The van der Waals surface area contributed by atoms with Gasteiger partial charge in [-0.05, 0) is 32.9 Å². The van der Waals surface area contributed by atoms with Crippen molar-refractivity contribution in [2.75, 3.05) is 27.2 Å². The fourth-order valence-electron chi connectivity index (χ4n) is 3.76. The molecule has 0 spiro atoms. The van der Waals surface area contributed by atoms with Crippen molar-refractivity contribution in [1.82, 2.24) is 15.4 Å². The zero-order chi connectivity index (χ0) is 11.1. The molecule has 2 N–H and O–H groups in total. The van der Waals surface area contributed by atoms with Crippen molar-refractivity contribution >= 4 is 7.98 Å². The molecule has 2 aliphatic rings. The molecule has 0 bridgehead atoms. The van der Waals surface area contributed by atoms with Crippen molar-refractivity contribution in [3.8, 4) is 0 Å². The summed E-state index contributed by atoms with van der Waals surface area (Å²) in [6.45, 7) is 4.21. The first-order valence-electron chi connectivity index (χ1n) is 5.99. The van der Waals surface area contributed by atoms with Crippen LogP contribution in [-0.2, 0) is 0 Å². The first kappa shape index (κ1) is 11.4. The van der Waals surface area contributed by atoms with Gasteiger partial charge in [-0.25, -0.2) is 0 Å². The van der Waals surface area contributed by atoms with Crippen molar-refractivity contribution in [2.24, 2.45) is 5.92 Å². The third kappa shape index (κ3) is 1.46. The summed E-state index contributed by atoms with van der Waals surface area (Å²) in [5.74, 6) is 0.832. The molecule has 15 heavy (non-hydrogen) atoms. The Morgan fingerprint density at radius 1 is 1.20 bits per heavy atom. The lowest BCUT2D eigenvalue weighted by Gasteiger charge is -2.39. The van der Waals surface area contributed by atoms with Gasteiger partial charge < -0.3 is 15.4 Å². The highest BCUT2D eigenvalue weighted by molar-refractivity contribution is 6.04. The van der Waals surface area contributed by atoms with Gasteiger partial charge in [-0.2, -0.15) is 0 Å². The van der Waals surface area contributed by atoms with Crippen LogP contribution in [0.15, 0.2) is 0 Å². The molecule has 1 saturated heterocycles. The maximum atomic E-state index is 5.99. The second-order valence-corrected chi connectivity index (χ2v) is 5.25. The van der Waals surface area contributed by atoms with Crippen LogP contribution in [0.25, 0.3) is 0 Å². The van der Waals surface area contributed by atoms with Gasteiger partial charge >= 0.3 is 0 Å². The molecule has 2 rings (SSSR count). The molecule has 4 heteroatoms. The fourth-order valence-corrected chi connectivity index (χ4v) is 3.76. The molecule has 0 aromatic rings. The molecule has 2 fully saturated rings. The predicted molar refractivity (Wildman–Crippen MR) is 63.9 cm³/mol. The Bertz CT molecular complexity index is 226. The molecule has 2 radical (unpaired) electrons. The fraction of sp³-hybridized carbons (Fsp3) is 1.00. The number of likely N-dealkylation sites (N-methyl/N-ethyl adjacent to an activating group) is 2. The summed E-state index contributed by atoms with van der Waals surface area (Å²) in [5, 5.41) is 7.08. The minimum absolute atomic E-state index is 0.178. The SMILES string of the molecule is [B]N1CC2(NC)CC(CC)CC2(NC)C1. The zero-order valence-electron chi connectivity index (χ0n) is 10.1. The lowest BCUT2D eigenvalue weighted by Crippen LogP contribution is -2.63. The van der Waals surface area contributed by atoms with Gasteiger partial charge in [-0.3, -0.25) is 0 Å². The summed E-state index contributed by atoms with van der Waals surface area (Å²) >= 11 is 0. The van der Waals surface area contributed by atoms with E-state index < -0.39 is 0 Å². The lowest BCUT2D eigenvalue weighted by molar-refractivity contribution is 0.241. The van der Waals surface area contributed by atoms with Crippen molar-refractivity contribution in [1.29, 1.82) is 0 Å². The minimum atomic E-state index is 0.178. The summed E-state index contributed by atoms with van der Waals surface area (Å²) < 4.78 is 0. The van der Waals surface area contributed by atoms with Crippen LogP contribution in [0, 0.1) is 5.92 Å². The smallest absolute Gasteiger partial charge is 0.182 e. The predicted octanol–water partition coefficient (Wildman–Crippen LogP) is 0.122. The topological polar surface area (TPSA) is 27.3 Å². The summed E-state index contributed by atoms with van der Waals surface area (Å²) in [4.78, 5) is 1.96. The number of nitrogens with one attached hydrogen (secondary N) is 2. The molecule has 1 aliphatic heterocycles. The standard InChI is InChI=1S/C11H22BN3/c1-4-9-5-10(13-2)7-15(12)8-11(10,6-9)14-3/h9,13-14H,4-8H2,1-3H3. The average molecular weight is 207 g/mol. The van der Waals surface area contributed by atoms with Crippen molar-refractivity contribution in [2.45, 2.75) is 37.3 Å². The minimum Gasteiger partial charge on any atom is -0.350 e. The van der Waals surface area contributed by atoms with E-state index in [2.05, 4.69) is 31.7 Å². The number of fused-ring (bicyclic) bond motifs is 1. The molecule has 0 aromatic heterocycles. The molecule has 1 saturated carbocycles. The molecule has 0 aromatic carbocycles. The van der Waals surface area contributed by atoms with E-state index in [0.29, 0.717) is 0 Å². The average Bonchev–Trinajstić information content (AvgIpc) is 2.66. The van der Waals surface area contributed by atoms with E-state index in [4.69, 9.17) is 7.98 Å². The van der Waals surface area contributed by atoms with Gasteiger partial charge in [0.25, 0.3) is 0 Å². The third-order valence-electron chi connectivity index (χ3n) is 4.67. The van der Waals surface area contributed by atoms with Gasteiger partial charge in [0.15, 0.2) is 7.98 Å². The molecule has 1 heterocycles. The number of hydrogen-bond acceptors (Lipinski definition) is 3. The van der Waals surface area contributed by atoms with Crippen LogP contribution >= 0.6 is 0 Å². The van der Waals surface area contributed by atoms with Crippen molar-refractivity contribution in [3.05, 3.63) is 0 Å². The summed E-state index contributed by atoms with van der Waals surface area (Å²) in [7, 11) is 10.1. The molecule has 3 nitrogen and oxygen atoms in total. The van der Waals surface area contributed by atoms with E-state index in [-0.39, 0.29) is 11.1 Å². The van der Waals surface area contributed by atoms with Crippen LogP contribution in [0.5, 0.6) is 0 Å². The van der Waals surface area contributed by atoms with E-state index in [9.17, 15) is 0 Å². The highest BCUT2D eigenvalue weighted by Crippen LogP contribution is 2.47. The quantitative estimate of drug-likeness (QED) is 0.644. The summed E-state index contributed by atoms with van der Waals surface area (Å²) in [5.41, 5.74) is 0.356. The van der Waals surface area contributed by atoms with E-state index in [1.165, 1.54) is 19.3 Å². The molecule has 84 valence electrons. The first-order chi connectivity index (χ1) is 7.11. The Morgan fingerprint density at radius 3 is 2.00 bits per heavy atom. The summed E-state index contributed by atoms with van der Waals surface area (Å²) in [6, 6.07) is 0. The second kappa shape index (κ2) is 3.76. The van der Waals surface area contributed by atoms with E-state index in [1.807, 2.05) is 4.81 Å². The summed E-state index contributed by atoms with van der Waals surface area (Å²) in [6.07, 6.45) is 3.76. The number of nitrogens with zero attached hydrogens (tertiary/aromatic N) is 1. The van der Waals surface area contributed by atoms with Crippen molar-refractivity contribution in [3.63, 3.8) is 0 Å². The molecule has 2 unspecified atom stereocenters. The number of rotatable bonds is 3. The maximum absolute atomic E-state index is 5.99. The second-order valence-electron chi connectivity index (χ2n) is 5.25. The largest absolute Gasteiger partial charge is 0.350 e. The van der Waals surface area contributed by atoms with E-state index in [1.54, 1.807) is 0 Å². The van der Waals surface area contributed by atoms with Gasteiger partial charge in [0.2, 0.25) is 0 Å².